The Morgan fingerprint density at radius 3 is 3.13 bits per heavy atom. The van der Waals surface area contributed by atoms with E-state index in [1.54, 1.807) is 7.11 Å². The lowest BCUT2D eigenvalue weighted by molar-refractivity contribution is -0.0120. The first kappa shape index (κ1) is 10.1. The Morgan fingerprint density at radius 2 is 2.53 bits per heavy atom. The minimum Gasteiger partial charge on any atom is -0.342 e. The molecule has 0 radical (unpaired) electrons. The van der Waals surface area contributed by atoms with Crippen molar-refractivity contribution < 1.29 is 4.74 Å². The summed E-state index contributed by atoms with van der Waals surface area (Å²) in [6.07, 6.45) is 3.65. The van der Waals surface area contributed by atoms with Crippen molar-refractivity contribution in [2.75, 3.05) is 20.3 Å². The second-order valence-corrected chi connectivity index (χ2v) is 3.72. The fraction of sp³-hybridized carbons (Fsp3) is 0.600. The molecule has 80 valence electrons. The molecular weight excluding hydrogens is 192 g/mol. The molecule has 5 heteroatoms. The largest absolute Gasteiger partial charge is 0.342 e. The number of allylic oxidation sites excluding steroid dienone is 1. The van der Waals surface area contributed by atoms with E-state index in [0.717, 1.165) is 12.3 Å². The zero-order valence-corrected chi connectivity index (χ0v) is 8.92. The molecule has 0 saturated carbocycles. The van der Waals surface area contributed by atoms with Crippen molar-refractivity contribution in [3.63, 3.8) is 0 Å². The molecule has 1 fully saturated rings. The molecule has 1 saturated heterocycles. The van der Waals surface area contributed by atoms with E-state index in [0.29, 0.717) is 6.67 Å². The molecule has 5 nitrogen and oxygen atoms in total. The predicted octanol–water partition coefficient (Wildman–Crippen LogP) is 0.372. The Balaban J connectivity index is 1.93. The van der Waals surface area contributed by atoms with E-state index >= 15 is 0 Å². The quantitative estimate of drug-likeness (QED) is 0.626. The molecule has 2 aliphatic rings. The van der Waals surface area contributed by atoms with E-state index in [2.05, 4.69) is 16.0 Å². The van der Waals surface area contributed by atoms with Gasteiger partial charge < -0.3 is 9.64 Å². The number of aliphatic imine (C=N–C) groups is 1. The van der Waals surface area contributed by atoms with E-state index in [9.17, 15) is 0 Å². The molecule has 0 bridgehead atoms. The third-order valence-electron chi connectivity index (χ3n) is 2.52. The summed E-state index contributed by atoms with van der Waals surface area (Å²) in [6.45, 7) is 3.49. The van der Waals surface area contributed by atoms with Crippen LogP contribution in [0.1, 0.15) is 6.92 Å². The van der Waals surface area contributed by atoms with E-state index < -0.39 is 0 Å². The molecule has 2 heterocycles. The third kappa shape index (κ3) is 2.17. The number of nitrogens with zero attached hydrogens (tertiary/aromatic N) is 4. The van der Waals surface area contributed by atoms with Gasteiger partial charge in [0.15, 0.2) is 0 Å². The van der Waals surface area contributed by atoms with Crippen LogP contribution in [-0.2, 0) is 4.74 Å². The maximum atomic E-state index is 8.68. The second kappa shape index (κ2) is 4.01. The highest BCUT2D eigenvalue weighted by Gasteiger charge is 2.36. The van der Waals surface area contributed by atoms with Crippen LogP contribution in [0.25, 0.3) is 0 Å². The summed E-state index contributed by atoms with van der Waals surface area (Å²) >= 11 is 0. The summed E-state index contributed by atoms with van der Waals surface area (Å²) in [5.74, 6) is 0. The molecule has 3 atom stereocenters. The average Bonchev–Trinajstić information content (AvgIpc) is 2.99. The zero-order chi connectivity index (χ0) is 10.8. The number of rotatable bonds is 3. The number of nitriles is 1. The molecule has 0 aromatic carbocycles. The molecule has 0 aromatic heterocycles. The molecular formula is C10H14N4O. The minimum atomic E-state index is -0.255. The van der Waals surface area contributed by atoms with Gasteiger partial charge in [-0.1, -0.05) is 0 Å². The standard InChI is InChI=1S/C10H14N4O/c1-8-3-4-13(10(12-8)15-2)7-14-6-9(14)5-11/h3-4,9-10H,6-7H2,1-2H3. The van der Waals surface area contributed by atoms with Crippen LogP contribution < -0.4 is 0 Å². The molecule has 15 heavy (non-hydrogen) atoms. The molecule has 2 aliphatic heterocycles. The van der Waals surface area contributed by atoms with Gasteiger partial charge in [0, 0.05) is 25.6 Å². The number of ether oxygens (including phenoxy) is 1. The summed E-state index contributed by atoms with van der Waals surface area (Å²) in [5.41, 5.74) is 0.959. The fourth-order valence-electron chi connectivity index (χ4n) is 1.54. The Morgan fingerprint density at radius 1 is 1.73 bits per heavy atom. The van der Waals surface area contributed by atoms with Crippen molar-refractivity contribution >= 4 is 5.71 Å². The summed E-state index contributed by atoms with van der Waals surface area (Å²) in [6, 6.07) is 2.29. The number of hydrogen-bond donors (Lipinski definition) is 0. The van der Waals surface area contributed by atoms with Crippen LogP contribution >= 0.6 is 0 Å². The molecule has 0 aromatic rings. The highest BCUT2D eigenvalue weighted by atomic mass is 16.5. The first-order valence-corrected chi connectivity index (χ1v) is 4.89. The van der Waals surface area contributed by atoms with Gasteiger partial charge in [-0.2, -0.15) is 5.26 Å². The minimum absolute atomic E-state index is 0.0721. The Labute approximate surface area is 89.2 Å². The van der Waals surface area contributed by atoms with Crippen molar-refractivity contribution in [1.82, 2.24) is 9.80 Å². The number of methoxy groups -OCH3 is 1. The van der Waals surface area contributed by atoms with E-state index in [4.69, 9.17) is 10.00 Å². The molecule has 0 N–H and O–H groups in total. The van der Waals surface area contributed by atoms with E-state index in [-0.39, 0.29) is 12.4 Å². The first-order chi connectivity index (χ1) is 7.24. The van der Waals surface area contributed by atoms with Crippen LogP contribution in [0.3, 0.4) is 0 Å². The van der Waals surface area contributed by atoms with Crippen LogP contribution in [0.15, 0.2) is 17.3 Å². The Kier molecular flexibility index (Phi) is 2.71. The summed E-state index contributed by atoms with van der Waals surface area (Å²) in [5, 5.41) is 8.68. The lowest BCUT2D eigenvalue weighted by Crippen LogP contribution is -2.37. The molecule has 0 spiro atoms. The topological polar surface area (TPSA) is 51.6 Å². The van der Waals surface area contributed by atoms with Gasteiger partial charge in [0.1, 0.15) is 6.04 Å². The first-order valence-electron chi connectivity index (χ1n) is 4.89. The predicted molar refractivity (Wildman–Crippen MR) is 55.9 cm³/mol. The third-order valence-corrected chi connectivity index (χ3v) is 2.52. The van der Waals surface area contributed by atoms with Gasteiger partial charge in [-0.15, -0.1) is 0 Å². The molecule has 0 aliphatic carbocycles. The van der Waals surface area contributed by atoms with Crippen LogP contribution in [0.4, 0.5) is 0 Å². The van der Waals surface area contributed by atoms with Gasteiger partial charge in [0.25, 0.3) is 0 Å². The Hall–Kier alpha value is -1.38. The molecule has 0 amide bonds. The fourth-order valence-corrected chi connectivity index (χ4v) is 1.54. The summed E-state index contributed by atoms with van der Waals surface area (Å²) in [7, 11) is 1.64. The lowest BCUT2D eigenvalue weighted by Gasteiger charge is -2.29. The van der Waals surface area contributed by atoms with E-state index in [1.807, 2.05) is 24.1 Å². The Bertz CT molecular complexity index is 344. The van der Waals surface area contributed by atoms with Crippen LogP contribution in [-0.4, -0.2) is 48.2 Å². The highest BCUT2D eigenvalue weighted by Crippen LogP contribution is 2.19. The van der Waals surface area contributed by atoms with Gasteiger partial charge >= 0.3 is 0 Å². The summed E-state index contributed by atoms with van der Waals surface area (Å²) in [4.78, 5) is 8.38. The smallest absolute Gasteiger partial charge is 0.228 e. The average molecular weight is 206 g/mol. The van der Waals surface area contributed by atoms with Gasteiger partial charge in [-0.05, 0) is 13.0 Å². The zero-order valence-electron chi connectivity index (χ0n) is 8.92. The van der Waals surface area contributed by atoms with Gasteiger partial charge in [-0.3, -0.25) is 4.90 Å². The molecule has 3 unspecified atom stereocenters. The maximum absolute atomic E-state index is 8.68. The van der Waals surface area contributed by atoms with Crippen LogP contribution in [0, 0.1) is 11.3 Å². The van der Waals surface area contributed by atoms with Crippen LogP contribution in [0.2, 0.25) is 0 Å². The van der Waals surface area contributed by atoms with Crippen molar-refractivity contribution in [3.05, 3.63) is 12.3 Å². The lowest BCUT2D eigenvalue weighted by atomic mass is 10.3. The molecule has 2 rings (SSSR count). The van der Waals surface area contributed by atoms with Crippen molar-refractivity contribution in [1.29, 1.82) is 5.26 Å². The normalized spacial score (nSPS) is 33.5. The monoisotopic (exact) mass is 206 g/mol. The highest BCUT2D eigenvalue weighted by molar-refractivity contribution is 5.93. The SMILES string of the molecule is COC1N=C(C)C=CN1CN1CC1C#N. The van der Waals surface area contributed by atoms with Crippen molar-refractivity contribution in [2.24, 2.45) is 4.99 Å². The van der Waals surface area contributed by atoms with Crippen molar-refractivity contribution in [2.45, 2.75) is 19.3 Å². The van der Waals surface area contributed by atoms with Gasteiger partial charge in [0.05, 0.1) is 12.7 Å². The number of hydrogen-bond acceptors (Lipinski definition) is 5. The van der Waals surface area contributed by atoms with Crippen LogP contribution in [0.5, 0.6) is 0 Å². The second-order valence-electron chi connectivity index (χ2n) is 3.72. The van der Waals surface area contributed by atoms with Gasteiger partial charge in [-0.25, -0.2) is 4.99 Å². The maximum Gasteiger partial charge on any atom is 0.228 e. The summed E-state index contributed by atoms with van der Waals surface area (Å²) < 4.78 is 5.25. The van der Waals surface area contributed by atoms with Crippen molar-refractivity contribution in [3.8, 4) is 6.07 Å². The van der Waals surface area contributed by atoms with E-state index in [1.165, 1.54) is 0 Å². The van der Waals surface area contributed by atoms with Gasteiger partial charge in [0.2, 0.25) is 6.35 Å².